The summed E-state index contributed by atoms with van der Waals surface area (Å²) in [5.41, 5.74) is 0.635. The number of aromatic nitrogens is 1. The van der Waals surface area contributed by atoms with Crippen LogP contribution in [0.1, 0.15) is 0 Å². The Bertz CT molecular complexity index is 610. The number of thiazole rings is 1. The predicted molar refractivity (Wildman–Crippen MR) is 72.9 cm³/mol. The second kappa shape index (κ2) is 6.59. The highest BCUT2D eigenvalue weighted by Crippen LogP contribution is 2.37. The zero-order valence-electron chi connectivity index (χ0n) is 9.18. The van der Waals surface area contributed by atoms with E-state index < -0.39 is 15.1 Å². The van der Waals surface area contributed by atoms with E-state index in [1.165, 1.54) is 16.7 Å². The van der Waals surface area contributed by atoms with Gasteiger partial charge in [0, 0.05) is 10.1 Å². The summed E-state index contributed by atoms with van der Waals surface area (Å²) in [6, 6.07) is 5.14. The molecular weight excluding hydrogens is 335 g/mol. The van der Waals surface area contributed by atoms with E-state index in [0.717, 1.165) is 0 Å². The Hall–Kier alpha value is -0.780. The molecule has 0 aliphatic carbocycles. The first-order valence-corrected chi connectivity index (χ1v) is 7.59. The number of hydrogen-bond donors (Lipinski definition) is 0. The first kappa shape index (κ1) is 14.6. The van der Waals surface area contributed by atoms with Crippen molar-refractivity contribution >= 4 is 42.8 Å². The molecule has 0 N–H and O–H groups in total. The van der Waals surface area contributed by atoms with Gasteiger partial charge < -0.3 is 0 Å². The van der Waals surface area contributed by atoms with Crippen LogP contribution in [0.3, 0.4) is 0 Å². The molecule has 19 heavy (non-hydrogen) atoms. The molecule has 2 aromatic rings. The van der Waals surface area contributed by atoms with Gasteiger partial charge in [-0.1, -0.05) is 39.9 Å². The molecule has 9 heteroatoms. The Kier molecular flexibility index (Phi) is 5.07. The SMILES string of the molecule is O=[P+](OCF)Oc1csc(-c2cccc(Cl)c2Cl)n1. The Morgan fingerprint density at radius 2 is 2.21 bits per heavy atom. The largest absolute Gasteiger partial charge is 0.754 e. The second-order valence-corrected chi connectivity index (χ2v) is 5.68. The molecule has 0 spiro atoms. The van der Waals surface area contributed by atoms with E-state index >= 15 is 0 Å². The fraction of sp³-hybridized carbons (Fsp3) is 0.100. The number of hydrogen-bond acceptors (Lipinski definition) is 5. The summed E-state index contributed by atoms with van der Waals surface area (Å²) in [7, 11) is -2.57. The quantitative estimate of drug-likeness (QED) is 0.710. The standard InChI is InChI=1S/C10H6Cl2FNO3PS/c11-7-3-1-2-6(9(7)12)10-14-8(4-19-10)17-18(15)16-5-13/h1-4H,5H2/q+1. The fourth-order valence-electron chi connectivity index (χ4n) is 1.24. The van der Waals surface area contributed by atoms with Crippen LogP contribution in [0.25, 0.3) is 10.6 Å². The van der Waals surface area contributed by atoms with E-state index in [9.17, 15) is 8.96 Å². The molecule has 0 amide bonds. The molecule has 0 aliphatic rings. The minimum Gasteiger partial charge on any atom is -0.214 e. The molecule has 0 fully saturated rings. The van der Waals surface area contributed by atoms with Crippen LogP contribution in [0, 0.1) is 0 Å². The minimum atomic E-state index is -2.57. The van der Waals surface area contributed by atoms with Gasteiger partial charge in [-0.05, 0) is 6.07 Å². The van der Waals surface area contributed by atoms with Gasteiger partial charge in [0.05, 0.1) is 15.4 Å². The van der Waals surface area contributed by atoms with Crippen molar-refractivity contribution in [2.24, 2.45) is 0 Å². The van der Waals surface area contributed by atoms with Crippen molar-refractivity contribution in [1.29, 1.82) is 0 Å². The van der Waals surface area contributed by atoms with Crippen LogP contribution < -0.4 is 4.52 Å². The molecule has 0 saturated carbocycles. The smallest absolute Gasteiger partial charge is 0.214 e. The Balaban J connectivity index is 2.21. The van der Waals surface area contributed by atoms with Gasteiger partial charge in [0.1, 0.15) is 5.01 Å². The average molecular weight is 341 g/mol. The third kappa shape index (κ3) is 3.61. The van der Waals surface area contributed by atoms with Crippen molar-refractivity contribution in [1.82, 2.24) is 4.98 Å². The molecule has 100 valence electrons. The van der Waals surface area contributed by atoms with Gasteiger partial charge in [0.2, 0.25) is 6.86 Å². The van der Waals surface area contributed by atoms with E-state index in [1.807, 2.05) is 0 Å². The average Bonchev–Trinajstić information content (AvgIpc) is 2.81. The third-order valence-corrected chi connectivity index (χ3v) is 4.30. The van der Waals surface area contributed by atoms with Crippen molar-refractivity contribution in [3.63, 3.8) is 0 Å². The van der Waals surface area contributed by atoms with Gasteiger partial charge in [-0.15, -0.1) is 11.3 Å². The van der Waals surface area contributed by atoms with Crippen LogP contribution in [0.5, 0.6) is 5.88 Å². The molecule has 1 unspecified atom stereocenters. The minimum absolute atomic E-state index is 0.0746. The lowest BCUT2D eigenvalue weighted by Gasteiger charge is -2.00. The van der Waals surface area contributed by atoms with Gasteiger partial charge in [-0.2, -0.15) is 4.98 Å². The van der Waals surface area contributed by atoms with E-state index in [2.05, 4.69) is 9.51 Å². The lowest BCUT2D eigenvalue weighted by atomic mass is 10.2. The third-order valence-electron chi connectivity index (χ3n) is 1.99. The first-order valence-electron chi connectivity index (χ1n) is 4.86. The first-order chi connectivity index (χ1) is 9.11. The van der Waals surface area contributed by atoms with Crippen molar-refractivity contribution < 1.29 is 18.0 Å². The lowest BCUT2D eigenvalue weighted by molar-refractivity contribution is 0.182. The Morgan fingerprint density at radius 1 is 1.42 bits per heavy atom. The predicted octanol–water partition coefficient (Wildman–Crippen LogP) is 5.10. The molecule has 4 nitrogen and oxygen atoms in total. The van der Waals surface area contributed by atoms with Crippen LogP contribution in [0.15, 0.2) is 23.6 Å². The van der Waals surface area contributed by atoms with Crippen LogP contribution in [0.2, 0.25) is 10.0 Å². The van der Waals surface area contributed by atoms with Crippen molar-refractivity contribution in [2.75, 3.05) is 6.86 Å². The maximum atomic E-state index is 11.8. The maximum Gasteiger partial charge on any atom is 0.754 e. The summed E-state index contributed by atoms with van der Waals surface area (Å²) in [5.74, 6) is 0.0746. The van der Waals surface area contributed by atoms with E-state index in [4.69, 9.17) is 27.7 Å². The van der Waals surface area contributed by atoms with Crippen molar-refractivity contribution in [3.8, 4) is 16.5 Å². The molecule has 1 atom stereocenters. The number of nitrogens with zero attached hydrogens (tertiary/aromatic N) is 1. The Morgan fingerprint density at radius 3 is 2.95 bits per heavy atom. The van der Waals surface area contributed by atoms with Crippen molar-refractivity contribution in [3.05, 3.63) is 33.6 Å². The molecule has 2 rings (SSSR count). The summed E-state index contributed by atoms with van der Waals surface area (Å²) < 4.78 is 31.8. The molecule has 0 bridgehead atoms. The normalized spacial score (nSPS) is 11.4. The fourth-order valence-corrected chi connectivity index (χ4v) is 2.89. The summed E-state index contributed by atoms with van der Waals surface area (Å²) in [6.45, 7) is -1.19. The van der Waals surface area contributed by atoms with Crippen LogP contribution in [0.4, 0.5) is 4.39 Å². The molecule has 1 heterocycles. The number of halogens is 3. The van der Waals surface area contributed by atoms with E-state index in [0.29, 0.717) is 20.6 Å². The summed E-state index contributed by atoms with van der Waals surface area (Å²) in [4.78, 5) is 4.07. The zero-order valence-corrected chi connectivity index (χ0v) is 12.4. The van der Waals surface area contributed by atoms with Gasteiger partial charge in [-0.3, -0.25) is 0 Å². The summed E-state index contributed by atoms with van der Waals surface area (Å²) >= 11 is 13.2. The second-order valence-electron chi connectivity index (χ2n) is 3.15. The number of rotatable bonds is 5. The zero-order chi connectivity index (χ0) is 13.8. The molecule has 1 aromatic heterocycles. The van der Waals surface area contributed by atoms with Gasteiger partial charge in [-0.25, -0.2) is 8.91 Å². The number of alkyl halides is 1. The molecule has 0 radical (unpaired) electrons. The summed E-state index contributed by atoms with van der Waals surface area (Å²) in [5, 5.41) is 2.84. The van der Waals surface area contributed by atoms with Gasteiger partial charge >= 0.3 is 8.25 Å². The summed E-state index contributed by atoms with van der Waals surface area (Å²) in [6.07, 6.45) is 0. The van der Waals surface area contributed by atoms with Crippen LogP contribution >= 0.6 is 42.8 Å². The van der Waals surface area contributed by atoms with Gasteiger partial charge in [0.25, 0.3) is 5.88 Å². The number of benzene rings is 1. The van der Waals surface area contributed by atoms with E-state index in [-0.39, 0.29) is 5.88 Å². The van der Waals surface area contributed by atoms with Crippen molar-refractivity contribution in [2.45, 2.75) is 0 Å². The van der Waals surface area contributed by atoms with E-state index in [1.54, 1.807) is 18.2 Å². The maximum absolute atomic E-state index is 11.8. The van der Waals surface area contributed by atoms with Gasteiger partial charge in [0.15, 0.2) is 0 Å². The molecule has 0 saturated heterocycles. The lowest BCUT2D eigenvalue weighted by Crippen LogP contribution is -1.86. The molecule has 0 aliphatic heterocycles. The highest BCUT2D eigenvalue weighted by molar-refractivity contribution is 7.33. The highest BCUT2D eigenvalue weighted by atomic mass is 35.5. The molecule has 1 aromatic carbocycles. The molecular formula is C10H6Cl2FNO3PS+. The monoisotopic (exact) mass is 340 g/mol. The highest BCUT2D eigenvalue weighted by Gasteiger charge is 2.24. The van der Waals surface area contributed by atoms with Crippen LogP contribution in [-0.4, -0.2) is 11.8 Å². The topological polar surface area (TPSA) is 48.4 Å². The Labute approximate surface area is 123 Å². The van der Waals surface area contributed by atoms with Crippen LogP contribution in [-0.2, 0) is 9.09 Å².